The highest BCUT2D eigenvalue weighted by molar-refractivity contribution is 5.29. The summed E-state index contributed by atoms with van der Waals surface area (Å²) in [5.74, 6) is 0.795. The third-order valence-corrected chi connectivity index (χ3v) is 3.19. The van der Waals surface area contributed by atoms with Gasteiger partial charge in [0.25, 0.3) is 5.56 Å². The molecule has 2 rings (SSSR count). The van der Waals surface area contributed by atoms with Crippen molar-refractivity contribution in [3.63, 3.8) is 0 Å². The molecule has 0 aliphatic heterocycles. The zero-order valence-corrected chi connectivity index (χ0v) is 11.2. The van der Waals surface area contributed by atoms with Gasteiger partial charge in [-0.25, -0.2) is 0 Å². The van der Waals surface area contributed by atoms with Crippen molar-refractivity contribution in [2.24, 2.45) is 5.73 Å². The van der Waals surface area contributed by atoms with Crippen LogP contribution in [-0.2, 0) is 6.54 Å². The smallest absolute Gasteiger partial charge is 0.250 e. The van der Waals surface area contributed by atoms with Gasteiger partial charge in [0, 0.05) is 24.3 Å². The van der Waals surface area contributed by atoms with Crippen LogP contribution in [0.25, 0.3) is 0 Å². The molecule has 0 aliphatic rings. The van der Waals surface area contributed by atoms with Crippen molar-refractivity contribution in [3.8, 4) is 5.75 Å². The Kier molecular flexibility index (Phi) is 4.02. The maximum absolute atomic E-state index is 11.8. The molecule has 19 heavy (non-hydrogen) atoms. The summed E-state index contributed by atoms with van der Waals surface area (Å²) in [7, 11) is 1.63. The van der Waals surface area contributed by atoms with E-state index in [0.29, 0.717) is 6.54 Å². The van der Waals surface area contributed by atoms with Crippen molar-refractivity contribution in [1.82, 2.24) is 4.57 Å². The standard InChI is InChI=1S/C15H18N2O2/c1-11-4-3-5-15(18)17(11)10-14(16)12-6-8-13(19-2)9-7-12/h3-9,14H,10,16H2,1-2H3. The van der Waals surface area contributed by atoms with E-state index in [0.717, 1.165) is 17.0 Å². The van der Waals surface area contributed by atoms with Gasteiger partial charge >= 0.3 is 0 Å². The fraction of sp³-hybridized carbons (Fsp3) is 0.267. The number of pyridine rings is 1. The summed E-state index contributed by atoms with van der Waals surface area (Å²) < 4.78 is 6.80. The molecule has 0 bridgehead atoms. The number of rotatable bonds is 4. The highest BCUT2D eigenvalue weighted by atomic mass is 16.5. The summed E-state index contributed by atoms with van der Waals surface area (Å²) in [4.78, 5) is 11.8. The highest BCUT2D eigenvalue weighted by Gasteiger charge is 2.09. The monoisotopic (exact) mass is 258 g/mol. The lowest BCUT2D eigenvalue weighted by Crippen LogP contribution is -2.27. The molecule has 0 saturated carbocycles. The zero-order chi connectivity index (χ0) is 13.8. The molecule has 0 fully saturated rings. The second-order valence-corrected chi connectivity index (χ2v) is 4.50. The Morgan fingerprint density at radius 2 is 1.89 bits per heavy atom. The molecule has 0 radical (unpaired) electrons. The summed E-state index contributed by atoms with van der Waals surface area (Å²) in [5.41, 5.74) is 8.03. The molecule has 4 heteroatoms. The van der Waals surface area contributed by atoms with Gasteiger partial charge in [-0.15, -0.1) is 0 Å². The third-order valence-electron chi connectivity index (χ3n) is 3.19. The van der Waals surface area contributed by atoms with Crippen LogP contribution in [0.4, 0.5) is 0 Å². The molecule has 4 nitrogen and oxygen atoms in total. The Hall–Kier alpha value is -2.07. The van der Waals surface area contributed by atoms with Gasteiger partial charge in [0.1, 0.15) is 5.75 Å². The summed E-state index contributed by atoms with van der Waals surface area (Å²) in [6, 6.07) is 12.6. The van der Waals surface area contributed by atoms with E-state index in [9.17, 15) is 4.79 Å². The van der Waals surface area contributed by atoms with Crippen molar-refractivity contribution >= 4 is 0 Å². The van der Waals surface area contributed by atoms with Crippen molar-refractivity contribution in [3.05, 3.63) is 64.1 Å². The fourth-order valence-corrected chi connectivity index (χ4v) is 2.01. The first-order valence-electron chi connectivity index (χ1n) is 6.18. The van der Waals surface area contributed by atoms with Crippen LogP contribution in [0.3, 0.4) is 0 Å². The molecule has 0 aliphatic carbocycles. The first-order chi connectivity index (χ1) is 9.11. The normalized spacial score (nSPS) is 12.2. The molecular weight excluding hydrogens is 240 g/mol. The van der Waals surface area contributed by atoms with Crippen LogP contribution in [0.5, 0.6) is 5.75 Å². The van der Waals surface area contributed by atoms with Gasteiger partial charge in [0.2, 0.25) is 0 Å². The minimum absolute atomic E-state index is 0.0241. The van der Waals surface area contributed by atoms with Gasteiger partial charge < -0.3 is 15.0 Å². The van der Waals surface area contributed by atoms with Crippen molar-refractivity contribution < 1.29 is 4.74 Å². The molecule has 1 aromatic heterocycles. The van der Waals surface area contributed by atoms with E-state index in [4.69, 9.17) is 10.5 Å². The van der Waals surface area contributed by atoms with Gasteiger partial charge in [-0.2, -0.15) is 0 Å². The van der Waals surface area contributed by atoms with Crippen LogP contribution >= 0.6 is 0 Å². The zero-order valence-electron chi connectivity index (χ0n) is 11.2. The van der Waals surface area contributed by atoms with Crippen LogP contribution < -0.4 is 16.0 Å². The topological polar surface area (TPSA) is 57.2 Å². The molecule has 1 atom stereocenters. The van der Waals surface area contributed by atoms with Gasteiger partial charge in [0.05, 0.1) is 7.11 Å². The van der Waals surface area contributed by atoms with E-state index in [1.807, 2.05) is 37.3 Å². The van der Waals surface area contributed by atoms with E-state index < -0.39 is 0 Å². The van der Waals surface area contributed by atoms with Gasteiger partial charge in [-0.05, 0) is 30.7 Å². The minimum Gasteiger partial charge on any atom is -0.497 e. The van der Waals surface area contributed by atoms with Crippen molar-refractivity contribution in [2.75, 3.05) is 7.11 Å². The predicted octanol–water partition coefficient (Wildman–Crippen LogP) is 1.87. The molecule has 1 aromatic carbocycles. The molecule has 0 saturated heterocycles. The quantitative estimate of drug-likeness (QED) is 0.910. The largest absolute Gasteiger partial charge is 0.497 e. The molecule has 0 spiro atoms. The number of hydrogen-bond donors (Lipinski definition) is 1. The Bertz CT molecular complexity index is 602. The van der Waals surface area contributed by atoms with E-state index >= 15 is 0 Å². The summed E-state index contributed by atoms with van der Waals surface area (Å²) in [6.45, 7) is 2.37. The second kappa shape index (κ2) is 5.71. The van der Waals surface area contributed by atoms with Crippen LogP contribution in [0, 0.1) is 6.92 Å². The van der Waals surface area contributed by atoms with Crippen LogP contribution in [-0.4, -0.2) is 11.7 Å². The number of nitrogens with two attached hydrogens (primary N) is 1. The van der Waals surface area contributed by atoms with Crippen molar-refractivity contribution in [1.29, 1.82) is 0 Å². The molecule has 0 amide bonds. The number of aromatic nitrogens is 1. The Morgan fingerprint density at radius 3 is 2.47 bits per heavy atom. The predicted molar refractivity (Wildman–Crippen MR) is 75.4 cm³/mol. The van der Waals surface area contributed by atoms with E-state index in [2.05, 4.69) is 0 Å². The molecule has 2 N–H and O–H groups in total. The average molecular weight is 258 g/mol. The van der Waals surface area contributed by atoms with Crippen LogP contribution in [0.1, 0.15) is 17.3 Å². The molecular formula is C15H18N2O2. The molecule has 1 unspecified atom stereocenters. The van der Waals surface area contributed by atoms with E-state index in [-0.39, 0.29) is 11.6 Å². The number of methoxy groups -OCH3 is 1. The fourth-order valence-electron chi connectivity index (χ4n) is 2.01. The van der Waals surface area contributed by atoms with Crippen molar-refractivity contribution in [2.45, 2.75) is 19.5 Å². The Morgan fingerprint density at radius 1 is 1.21 bits per heavy atom. The number of nitrogens with zero attached hydrogens (tertiary/aromatic N) is 1. The lowest BCUT2D eigenvalue weighted by Gasteiger charge is -2.16. The summed E-state index contributed by atoms with van der Waals surface area (Å²) >= 11 is 0. The first kappa shape index (κ1) is 13.4. The van der Waals surface area contributed by atoms with Crippen LogP contribution in [0.15, 0.2) is 47.3 Å². The SMILES string of the molecule is COc1ccc(C(N)Cn2c(C)cccc2=O)cc1. The maximum atomic E-state index is 11.8. The number of hydrogen-bond acceptors (Lipinski definition) is 3. The highest BCUT2D eigenvalue weighted by Crippen LogP contribution is 2.17. The second-order valence-electron chi connectivity index (χ2n) is 4.50. The molecule has 2 aromatic rings. The third kappa shape index (κ3) is 3.03. The van der Waals surface area contributed by atoms with Gasteiger partial charge in [0.15, 0.2) is 0 Å². The molecule has 1 heterocycles. The lowest BCUT2D eigenvalue weighted by atomic mass is 10.1. The Balaban J connectivity index is 2.20. The number of benzene rings is 1. The van der Waals surface area contributed by atoms with Crippen LogP contribution in [0.2, 0.25) is 0 Å². The lowest BCUT2D eigenvalue weighted by molar-refractivity contribution is 0.414. The average Bonchev–Trinajstić information content (AvgIpc) is 2.43. The van der Waals surface area contributed by atoms with E-state index in [1.54, 1.807) is 23.8 Å². The number of ether oxygens (including phenoxy) is 1. The Labute approximate surface area is 112 Å². The minimum atomic E-state index is -0.218. The van der Waals surface area contributed by atoms with Gasteiger partial charge in [-0.1, -0.05) is 18.2 Å². The van der Waals surface area contributed by atoms with E-state index in [1.165, 1.54) is 0 Å². The summed E-state index contributed by atoms with van der Waals surface area (Å²) in [6.07, 6.45) is 0. The summed E-state index contributed by atoms with van der Waals surface area (Å²) in [5, 5.41) is 0. The van der Waals surface area contributed by atoms with Gasteiger partial charge in [-0.3, -0.25) is 4.79 Å². The maximum Gasteiger partial charge on any atom is 0.250 e. The first-order valence-corrected chi connectivity index (χ1v) is 6.18. The number of aryl methyl sites for hydroxylation is 1. The molecule has 100 valence electrons.